The Labute approximate surface area is 96.7 Å². The van der Waals surface area contributed by atoms with Crippen molar-refractivity contribution in [2.45, 2.75) is 18.9 Å². The van der Waals surface area contributed by atoms with Crippen molar-refractivity contribution in [3.63, 3.8) is 0 Å². The summed E-state index contributed by atoms with van der Waals surface area (Å²) in [5.41, 5.74) is 13.0. The average Bonchev–Trinajstić information content (AvgIpc) is 2.63. The molecule has 1 rings (SSSR count). The number of primary amides is 1. The molecule has 0 aromatic rings. The lowest BCUT2D eigenvalue weighted by atomic mass is 9.98. The SMILES string of the molecule is [N-]=[N+]=CC(=O)C(C[C@@H]1CCNC1=O)OC(N)=O. The lowest BCUT2D eigenvalue weighted by Gasteiger charge is -2.14. The number of hydrogen-bond donors (Lipinski definition) is 2. The largest absolute Gasteiger partial charge is 0.438 e. The van der Waals surface area contributed by atoms with E-state index in [2.05, 4.69) is 14.8 Å². The number of ketones is 1. The van der Waals surface area contributed by atoms with E-state index in [1.54, 1.807) is 0 Å². The zero-order chi connectivity index (χ0) is 12.8. The lowest BCUT2D eigenvalue weighted by molar-refractivity contribution is -0.127. The summed E-state index contributed by atoms with van der Waals surface area (Å²) in [6.07, 6.45) is -1.12. The molecule has 1 aliphatic rings. The van der Waals surface area contributed by atoms with Crippen LogP contribution in [0.5, 0.6) is 0 Å². The van der Waals surface area contributed by atoms with Crippen LogP contribution in [0.15, 0.2) is 0 Å². The Kier molecular flexibility index (Phi) is 4.36. The van der Waals surface area contributed by atoms with Crippen LogP contribution >= 0.6 is 0 Å². The minimum absolute atomic E-state index is 0.0274. The van der Waals surface area contributed by atoms with Crippen molar-refractivity contribution < 1.29 is 23.9 Å². The molecule has 1 aliphatic heterocycles. The number of ether oxygens (including phenoxy) is 1. The fraction of sp³-hybridized carbons (Fsp3) is 0.556. The van der Waals surface area contributed by atoms with E-state index < -0.39 is 23.9 Å². The van der Waals surface area contributed by atoms with Crippen LogP contribution in [0.4, 0.5) is 4.79 Å². The summed E-state index contributed by atoms with van der Waals surface area (Å²) in [7, 11) is 0. The van der Waals surface area contributed by atoms with Crippen molar-refractivity contribution in [2.24, 2.45) is 11.7 Å². The molecule has 1 heterocycles. The summed E-state index contributed by atoms with van der Waals surface area (Å²) < 4.78 is 4.58. The van der Waals surface area contributed by atoms with Gasteiger partial charge in [-0.3, -0.25) is 9.59 Å². The molecule has 0 radical (unpaired) electrons. The molecule has 8 nitrogen and oxygen atoms in total. The molecule has 0 aromatic carbocycles. The minimum Gasteiger partial charge on any atom is -0.438 e. The fourth-order valence-corrected chi connectivity index (χ4v) is 1.63. The van der Waals surface area contributed by atoms with Gasteiger partial charge in [-0.25, -0.2) is 4.79 Å². The Balaban J connectivity index is 2.68. The molecular formula is C9H12N4O4. The summed E-state index contributed by atoms with van der Waals surface area (Å²) in [4.78, 5) is 35.9. The monoisotopic (exact) mass is 240 g/mol. The smallest absolute Gasteiger partial charge is 0.405 e. The Morgan fingerprint density at radius 2 is 2.41 bits per heavy atom. The van der Waals surface area contributed by atoms with Gasteiger partial charge in [-0.2, -0.15) is 4.79 Å². The standard InChI is InChI=1S/C9H12N4O4/c10-9(16)17-7(6(14)4-13-11)3-5-1-2-12-8(5)15/h4-5,7H,1-3H2,(H2,10,16)(H,12,15)/t5-,7?/m0/s1. The van der Waals surface area contributed by atoms with Gasteiger partial charge in [0.25, 0.3) is 5.78 Å². The van der Waals surface area contributed by atoms with Crippen LogP contribution in [0, 0.1) is 5.92 Å². The van der Waals surface area contributed by atoms with Gasteiger partial charge >= 0.3 is 12.3 Å². The van der Waals surface area contributed by atoms with Crippen molar-refractivity contribution in [1.29, 1.82) is 0 Å². The maximum atomic E-state index is 11.4. The first kappa shape index (κ1) is 12.9. The topological polar surface area (TPSA) is 135 Å². The maximum Gasteiger partial charge on any atom is 0.405 e. The molecule has 0 aliphatic carbocycles. The maximum absolute atomic E-state index is 11.4. The number of carbonyl (C=O) groups is 3. The van der Waals surface area contributed by atoms with Crippen molar-refractivity contribution in [3.05, 3.63) is 5.53 Å². The van der Waals surface area contributed by atoms with E-state index in [9.17, 15) is 14.4 Å². The summed E-state index contributed by atoms with van der Waals surface area (Å²) in [5, 5.41) is 2.59. The zero-order valence-corrected chi connectivity index (χ0v) is 8.96. The van der Waals surface area contributed by atoms with Crippen LogP contribution in [-0.2, 0) is 14.3 Å². The first-order chi connectivity index (χ1) is 8.04. The van der Waals surface area contributed by atoms with Crippen molar-refractivity contribution >= 4 is 24.0 Å². The van der Waals surface area contributed by atoms with E-state index in [-0.39, 0.29) is 12.3 Å². The molecule has 8 heteroatoms. The molecule has 0 saturated carbocycles. The third-order valence-electron chi connectivity index (χ3n) is 2.42. The van der Waals surface area contributed by atoms with Crippen molar-refractivity contribution in [3.8, 4) is 0 Å². The van der Waals surface area contributed by atoms with E-state index in [4.69, 9.17) is 11.3 Å². The third-order valence-corrected chi connectivity index (χ3v) is 2.42. The Hall–Kier alpha value is -2.21. The second-order valence-electron chi connectivity index (χ2n) is 3.58. The molecule has 1 fully saturated rings. The Morgan fingerprint density at radius 1 is 1.71 bits per heavy atom. The highest BCUT2D eigenvalue weighted by Crippen LogP contribution is 2.18. The highest BCUT2D eigenvalue weighted by Gasteiger charge is 2.32. The molecule has 0 bridgehead atoms. The molecule has 1 unspecified atom stereocenters. The molecule has 3 N–H and O–H groups in total. The molecule has 17 heavy (non-hydrogen) atoms. The van der Waals surface area contributed by atoms with Gasteiger partial charge in [-0.05, 0) is 6.42 Å². The number of nitrogens with two attached hydrogens (primary N) is 1. The number of rotatable bonds is 5. The first-order valence-electron chi connectivity index (χ1n) is 4.99. The summed E-state index contributed by atoms with van der Waals surface area (Å²) in [6.45, 7) is 0.523. The van der Waals surface area contributed by atoms with Gasteiger partial charge in [0.05, 0.1) is 0 Å². The normalized spacial score (nSPS) is 20.0. The van der Waals surface area contributed by atoms with Gasteiger partial charge in [0.2, 0.25) is 5.91 Å². The molecule has 2 amide bonds. The quantitative estimate of drug-likeness (QED) is 0.356. The number of nitrogens with one attached hydrogen (secondary N) is 1. The fourth-order valence-electron chi connectivity index (χ4n) is 1.63. The summed E-state index contributed by atoms with van der Waals surface area (Å²) in [5.74, 6) is -1.32. The third kappa shape index (κ3) is 3.69. The van der Waals surface area contributed by atoms with Gasteiger partial charge in [0.1, 0.15) is 0 Å². The second kappa shape index (κ2) is 5.76. The minimum atomic E-state index is -1.20. The number of nitrogens with zero attached hydrogens (tertiary/aromatic N) is 2. The summed E-state index contributed by atoms with van der Waals surface area (Å²) in [6, 6.07) is 0. The number of Topliss-reactive ketones (excluding diaryl/α,β-unsaturated/α-hetero) is 1. The van der Waals surface area contributed by atoms with Crippen LogP contribution in [0.3, 0.4) is 0 Å². The van der Waals surface area contributed by atoms with Crippen molar-refractivity contribution in [1.82, 2.24) is 5.32 Å². The lowest BCUT2D eigenvalue weighted by Crippen LogP contribution is -2.34. The van der Waals surface area contributed by atoms with Gasteiger partial charge in [-0.1, -0.05) is 0 Å². The number of carbonyl (C=O) groups excluding carboxylic acids is 3. The summed E-state index contributed by atoms with van der Waals surface area (Å²) >= 11 is 0. The first-order valence-corrected chi connectivity index (χ1v) is 4.99. The molecule has 0 aromatic heterocycles. The van der Waals surface area contributed by atoms with E-state index in [0.29, 0.717) is 19.2 Å². The van der Waals surface area contributed by atoms with E-state index in [1.165, 1.54) is 0 Å². The van der Waals surface area contributed by atoms with Gasteiger partial charge < -0.3 is 21.3 Å². The molecule has 1 saturated heterocycles. The predicted molar refractivity (Wildman–Crippen MR) is 54.9 cm³/mol. The molecule has 0 spiro atoms. The van der Waals surface area contributed by atoms with E-state index in [1.807, 2.05) is 0 Å². The Morgan fingerprint density at radius 3 is 2.88 bits per heavy atom. The van der Waals surface area contributed by atoms with E-state index >= 15 is 0 Å². The molecular weight excluding hydrogens is 228 g/mol. The second-order valence-corrected chi connectivity index (χ2v) is 3.58. The number of amides is 2. The van der Waals surface area contributed by atoms with Crippen LogP contribution in [0.25, 0.3) is 5.53 Å². The van der Waals surface area contributed by atoms with Crippen LogP contribution in [-0.4, -0.2) is 41.4 Å². The van der Waals surface area contributed by atoms with Crippen LogP contribution in [0.1, 0.15) is 12.8 Å². The van der Waals surface area contributed by atoms with Crippen molar-refractivity contribution in [2.75, 3.05) is 6.54 Å². The molecule has 2 atom stereocenters. The van der Waals surface area contributed by atoms with Crippen LogP contribution < -0.4 is 11.1 Å². The van der Waals surface area contributed by atoms with Crippen LogP contribution in [0.2, 0.25) is 0 Å². The zero-order valence-electron chi connectivity index (χ0n) is 8.96. The van der Waals surface area contributed by atoms with E-state index in [0.717, 1.165) is 0 Å². The van der Waals surface area contributed by atoms with Gasteiger partial charge in [0, 0.05) is 18.9 Å². The highest BCUT2D eigenvalue weighted by molar-refractivity contribution is 6.27. The van der Waals surface area contributed by atoms with Gasteiger partial charge in [-0.15, -0.1) is 0 Å². The number of hydrogen-bond acceptors (Lipinski definition) is 4. The molecule has 92 valence electrons. The average molecular weight is 240 g/mol. The highest BCUT2D eigenvalue weighted by atomic mass is 16.6. The Bertz CT molecular complexity index is 388. The van der Waals surface area contributed by atoms with Gasteiger partial charge in [0.15, 0.2) is 6.10 Å². The predicted octanol–water partition coefficient (Wildman–Crippen LogP) is -1.15.